The number of aliphatic hydroxyl groups excluding tert-OH is 1. The molecule has 0 aromatic heterocycles. The van der Waals surface area contributed by atoms with Crippen LogP contribution in [0.4, 0.5) is 5.69 Å². The lowest BCUT2D eigenvalue weighted by Crippen LogP contribution is -2.37. The Morgan fingerprint density at radius 2 is 2.08 bits per heavy atom. The molecule has 0 heterocycles. The van der Waals surface area contributed by atoms with Gasteiger partial charge in [0.2, 0.25) is 5.91 Å². The molecule has 136 valence electrons. The molecule has 2 N–H and O–H groups in total. The van der Waals surface area contributed by atoms with Gasteiger partial charge in [-0.15, -0.1) is 0 Å². The minimum Gasteiger partial charge on any atom is -0.491 e. The Labute approximate surface area is 157 Å². The molecule has 0 saturated heterocycles. The number of nitriles is 1. The Hall–Kier alpha value is -2.59. The van der Waals surface area contributed by atoms with Crippen LogP contribution in [0.15, 0.2) is 48.5 Å². The highest BCUT2D eigenvalue weighted by Crippen LogP contribution is 2.15. The first kappa shape index (κ1) is 19.7. The van der Waals surface area contributed by atoms with Crippen LogP contribution in [-0.4, -0.2) is 48.8 Å². The maximum absolute atomic E-state index is 12.0. The van der Waals surface area contributed by atoms with Crippen molar-refractivity contribution in [1.82, 2.24) is 4.90 Å². The summed E-state index contributed by atoms with van der Waals surface area (Å²) in [5.74, 6) is 0.374. The van der Waals surface area contributed by atoms with Gasteiger partial charge in [0.15, 0.2) is 0 Å². The largest absolute Gasteiger partial charge is 0.491 e. The van der Waals surface area contributed by atoms with Gasteiger partial charge in [-0.05, 0) is 49.5 Å². The number of benzene rings is 2. The molecule has 2 aromatic rings. The van der Waals surface area contributed by atoms with Gasteiger partial charge in [0, 0.05) is 17.3 Å². The van der Waals surface area contributed by atoms with Crippen LogP contribution in [0.1, 0.15) is 5.56 Å². The average Bonchev–Trinajstić information content (AvgIpc) is 2.60. The molecule has 6 nitrogen and oxygen atoms in total. The topological polar surface area (TPSA) is 85.6 Å². The number of aliphatic hydroxyl groups is 1. The first-order valence-corrected chi connectivity index (χ1v) is 8.39. The molecule has 0 aliphatic heterocycles. The lowest BCUT2D eigenvalue weighted by molar-refractivity contribution is -0.117. The van der Waals surface area contributed by atoms with Crippen LogP contribution in [0.3, 0.4) is 0 Å². The third-order valence-electron chi connectivity index (χ3n) is 3.47. The number of carbonyl (C=O) groups is 1. The number of likely N-dealkylation sites (N-methyl/N-ethyl adjacent to an activating group) is 1. The van der Waals surface area contributed by atoms with Gasteiger partial charge in [-0.3, -0.25) is 9.69 Å². The van der Waals surface area contributed by atoms with Crippen LogP contribution in [-0.2, 0) is 4.79 Å². The molecule has 0 aliphatic rings. The van der Waals surface area contributed by atoms with Gasteiger partial charge in [-0.1, -0.05) is 17.7 Å². The van der Waals surface area contributed by atoms with Gasteiger partial charge < -0.3 is 15.2 Å². The smallest absolute Gasteiger partial charge is 0.238 e. The zero-order chi connectivity index (χ0) is 18.9. The van der Waals surface area contributed by atoms with Gasteiger partial charge in [0.25, 0.3) is 0 Å². The molecule has 1 unspecified atom stereocenters. The number of anilines is 1. The fraction of sp³-hybridized carbons (Fsp3) is 0.263. The molecule has 0 fully saturated rings. The number of nitrogens with one attached hydrogen (secondary N) is 1. The molecular weight excluding hydrogens is 354 g/mol. The Bertz CT molecular complexity index is 774. The molecular formula is C19H20ClN3O3. The standard InChI is InChI=1S/C19H20ClN3O3/c1-23(12-19(25)22-16-4-2-3-15(20)9-16)11-17(24)13-26-18-7-5-14(10-21)6-8-18/h2-9,17,24H,11-13H2,1H3,(H,22,25). The second-order valence-corrected chi connectivity index (χ2v) is 6.29. The highest BCUT2D eigenvalue weighted by molar-refractivity contribution is 6.30. The number of carbonyl (C=O) groups excluding carboxylic acids is 1. The van der Waals surface area contributed by atoms with E-state index in [-0.39, 0.29) is 25.6 Å². The molecule has 1 atom stereocenters. The average molecular weight is 374 g/mol. The van der Waals surface area contributed by atoms with Crippen LogP contribution in [0.2, 0.25) is 5.02 Å². The molecule has 0 radical (unpaired) electrons. The van der Waals surface area contributed by atoms with Gasteiger partial charge in [0.05, 0.1) is 18.2 Å². The molecule has 7 heteroatoms. The van der Waals surface area contributed by atoms with Gasteiger partial charge >= 0.3 is 0 Å². The predicted octanol–water partition coefficient (Wildman–Crippen LogP) is 2.52. The van der Waals surface area contributed by atoms with E-state index in [4.69, 9.17) is 21.6 Å². The summed E-state index contributed by atoms with van der Waals surface area (Å²) in [6.07, 6.45) is -0.755. The summed E-state index contributed by atoms with van der Waals surface area (Å²) in [7, 11) is 1.74. The Balaban J connectivity index is 1.72. The fourth-order valence-electron chi connectivity index (χ4n) is 2.31. The molecule has 26 heavy (non-hydrogen) atoms. The second kappa shape index (κ2) is 9.78. The van der Waals surface area contributed by atoms with Crippen molar-refractivity contribution in [2.24, 2.45) is 0 Å². The summed E-state index contributed by atoms with van der Waals surface area (Å²) < 4.78 is 5.48. The molecule has 0 aliphatic carbocycles. The van der Waals surface area contributed by atoms with Crippen molar-refractivity contribution in [3.8, 4) is 11.8 Å². The number of halogens is 1. The first-order valence-electron chi connectivity index (χ1n) is 8.01. The van der Waals surface area contributed by atoms with Crippen molar-refractivity contribution in [3.05, 3.63) is 59.1 Å². The quantitative estimate of drug-likeness (QED) is 0.742. The van der Waals surface area contributed by atoms with E-state index in [0.717, 1.165) is 0 Å². The number of amides is 1. The van der Waals surface area contributed by atoms with Crippen LogP contribution in [0, 0.1) is 11.3 Å². The van der Waals surface area contributed by atoms with E-state index in [1.54, 1.807) is 60.5 Å². The molecule has 2 rings (SSSR count). The minimum atomic E-state index is -0.755. The fourth-order valence-corrected chi connectivity index (χ4v) is 2.50. The van der Waals surface area contributed by atoms with Crippen molar-refractivity contribution in [2.75, 3.05) is 32.1 Å². The highest BCUT2D eigenvalue weighted by atomic mass is 35.5. The van der Waals surface area contributed by atoms with Crippen LogP contribution in [0.5, 0.6) is 5.75 Å². The second-order valence-electron chi connectivity index (χ2n) is 5.86. The van der Waals surface area contributed by atoms with Crippen LogP contribution >= 0.6 is 11.6 Å². The van der Waals surface area contributed by atoms with Crippen molar-refractivity contribution in [2.45, 2.75) is 6.10 Å². The molecule has 0 saturated carbocycles. The predicted molar refractivity (Wildman–Crippen MR) is 100 cm³/mol. The zero-order valence-corrected chi connectivity index (χ0v) is 15.1. The SMILES string of the molecule is CN(CC(=O)Nc1cccc(Cl)c1)CC(O)COc1ccc(C#N)cc1. The summed E-state index contributed by atoms with van der Waals surface area (Å²) in [6, 6.07) is 15.6. The minimum absolute atomic E-state index is 0.0894. The summed E-state index contributed by atoms with van der Waals surface area (Å²) in [4.78, 5) is 13.7. The maximum atomic E-state index is 12.0. The van der Waals surface area contributed by atoms with Crippen LogP contribution < -0.4 is 10.1 Å². The van der Waals surface area contributed by atoms with E-state index in [1.165, 1.54) is 0 Å². The maximum Gasteiger partial charge on any atom is 0.238 e. The lowest BCUT2D eigenvalue weighted by atomic mass is 10.2. The van der Waals surface area contributed by atoms with E-state index >= 15 is 0 Å². The summed E-state index contributed by atoms with van der Waals surface area (Å²) in [5.41, 5.74) is 1.17. The number of rotatable bonds is 8. The molecule has 1 amide bonds. The van der Waals surface area contributed by atoms with E-state index < -0.39 is 6.10 Å². The summed E-state index contributed by atoms with van der Waals surface area (Å²) in [6.45, 7) is 0.492. The van der Waals surface area contributed by atoms with E-state index in [0.29, 0.717) is 22.0 Å². The Morgan fingerprint density at radius 1 is 1.35 bits per heavy atom. The monoisotopic (exact) mass is 373 g/mol. The Morgan fingerprint density at radius 3 is 2.73 bits per heavy atom. The summed E-state index contributed by atoms with van der Waals surface area (Å²) >= 11 is 5.88. The summed E-state index contributed by atoms with van der Waals surface area (Å²) in [5, 5.41) is 22.1. The van der Waals surface area contributed by atoms with Crippen molar-refractivity contribution < 1.29 is 14.6 Å². The van der Waals surface area contributed by atoms with E-state index in [2.05, 4.69) is 5.32 Å². The zero-order valence-electron chi connectivity index (χ0n) is 14.4. The van der Waals surface area contributed by atoms with Crippen molar-refractivity contribution in [1.29, 1.82) is 5.26 Å². The van der Waals surface area contributed by atoms with Crippen molar-refractivity contribution in [3.63, 3.8) is 0 Å². The molecule has 2 aromatic carbocycles. The number of hydrogen-bond donors (Lipinski definition) is 2. The number of ether oxygens (including phenoxy) is 1. The third-order valence-corrected chi connectivity index (χ3v) is 3.71. The van der Waals surface area contributed by atoms with Gasteiger partial charge in [-0.25, -0.2) is 0 Å². The lowest BCUT2D eigenvalue weighted by Gasteiger charge is -2.20. The van der Waals surface area contributed by atoms with Gasteiger partial charge in [-0.2, -0.15) is 5.26 Å². The number of hydrogen-bond acceptors (Lipinski definition) is 5. The molecule has 0 spiro atoms. The normalized spacial score (nSPS) is 11.7. The van der Waals surface area contributed by atoms with E-state index in [9.17, 15) is 9.90 Å². The van der Waals surface area contributed by atoms with Gasteiger partial charge in [0.1, 0.15) is 18.5 Å². The van der Waals surface area contributed by atoms with Crippen LogP contribution in [0.25, 0.3) is 0 Å². The van der Waals surface area contributed by atoms with Crippen molar-refractivity contribution >= 4 is 23.2 Å². The first-order chi connectivity index (χ1) is 12.5. The third kappa shape index (κ3) is 6.73. The van der Waals surface area contributed by atoms with E-state index in [1.807, 2.05) is 6.07 Å². The highest BCUT2D eigenvalue weighted by Gasteiger charge is 2.13. The Kier molecular flexibility index (Phi) is 7.42. The number of nitrogens with zero attached hydrogens (tertiary/aromatic N) is 2. The molecule has 0 bridgehead atoms.